The van der Waals surface area contributed by atoms with E-state index in [1.54, 1.807) is 7.11 Å². The normalized spacial score (nSPS) is 23.6. The monoisotopic (exact) mass is 279 g/mol. The van der Waals surface area contributed by atoms with Gasteiger partial charge in [-0.15, -0.1) is 0 Å². The van der Waals surface area contributed by atoms with Crippen LogP contribution in [0.25, 0.3) is 0 Å². The highest BCUT2D eigenvalue weighted by Crippen LogP contribution is 2.39. The number of nitrogens with one attached hydrogen (secondary N) is 1. The zero-order valence-corrected chi connectivity index (χ0v) is 12.3. The summed E-state index contributed by atoms with van der Waals surface area (Å²) in [5.41, 5.74) is 2.56. The number of anilines is 1. The van der Waals surface area contributed by atoms with Gasteiger partial charge in [0.05, 0.1) is 12.1 Å². The van der Waals surface area contributed by atoms with Gasteiger partial charge in [0.1, 0.15) is 5.75 Å². The summed E-state index contributed by atoms with van der Waals surface area (Å²) >= 11 is 6.18. The van der Waals surface area contributed by atoms with Crippen LogP contribution in [-0.4, -0.2) is 13.7 Å². The summed E-state index contributed by atoms with van der Waals surface area (Å²) in [6.07, 6.45) is 8.24. The third-order valence-corrected chi connectivity index (χ3v) is 5.03. The first kappa shape index (κ1) is 13.1. The quantitative estimate of drug-likeness (QED) is 0.860. The van der Waals surface area contributed by atoms with E-state index in [0.29, 0.717) is 5.02 Å². The molecule has 0 spiro atoms. The van der Waals surface area contributed by atoms with Crippen LogP contribution < -0.4 is 10.1 Å². The predicted octanol–water partition coefficient (Wildman–Crippen LogP) is 4.51. The Bertz CT molecular complexity index is 454. The van der Waals surface area contributed by atoms with Crippen molar-refractivity contribution in [1.82, 2.24) is 0 Å². The molecule has 0 aromatic heterocycles. The molecule has 1 atom stereocenters. The molecule has 19 heavy (non-hydrogen) atoms. The molecule has 104 valence electrons. The average molecular weight is 280 g/mol. The number of hydrogen-bond donors (Lipinski definition) is 1. The largest absolute Gasteiger partial charge is 0.495 e. The Morgan fingerprint density at radius 3 is 2.68 bits per heavy atom. The second-order valence-corrected chi connectivity index (χ2v) is 6.29. The fourth-order valence-electron chi connectivity index (χ4n) is 3.62. The van der Waals surface area contributed by atoms with Crippen LogP contribution in [0.4, 0.5) is 5.69 Å². The summed E-state index contributed by atoms with van der Waals surface area (Å²) in [7, 11) is 1.68. The lowest BCUT2D eigenvalue weighted by molar-refractivity contribution is 0.252. The van der Waals surface area contributed by atoms with E-state index >= 15 is 0 Å². The van der Waals surface area contributed by atoms with Crippen LogP contribution in [0.3, 0.4) is 0 Å². The molecule has 0 saturated heterocycles. The maximum absolute atomic E-state index is 6.18. The minimum atomic E-state index is 0.699. The molecule has 0 radical (unpaired) electrons. The molecule has 1 aliphatic carbocycles. The first-order valence-corrected chi connectivity index (χ1v) is 7.76. The Hall–Kier alpha value is -0.890. The van der Waals surface area contributed by atoms with E-state index in [4.69, 9.17) is 16.3 Å². The van der Waals surface area contributed by atoms with Crippen LogP contribution in [-0.2, 0) is 6.42 Å². The molecule has 3 rings (SSSR count). The maximum Gasteiger partial charge on any atom is 0.137 e. The fourth-order valence-corrected chi connectivity index (χ4v) is 3.86. The van der Waals surface area contributed by atoms with E-state index in [2.05, 4.69) is 11.4 Å². The molecule has 0 amide bonds. The molecule has 1 aliphatic heterocycles. The molecule has 1 fully saturated rings. The lowest BCUT2D eigenvalue weighted by Gasteiger charge is -2.34. The predicted molar refractivity (Wildman–Crippen MR) is 80.3 cm³/mol. The molecule has 1 aromatic rings. The fraction of sp³-hybridized carbons (Fsp3) is 0.625. The van der Waals surface area contributed by atoms with Gasteiger partial charge in [0.25, 0.3) is 0 Å². The molecular weight excluding hydrogens is 258 g/mol. The van der Waals surface area contributed by atoms with Crippen LogP contribution >= 0.6 is 11.6 Å². The van der Waals surface area contributed by atoms with E-state index in [9.17, 15) is 0 Å². The van der Waals surface area contributed by atoms with Crippen molar-refractivity contribution in [2.24, 2.45) is 11.8 Å². The number of ether oxygens (including phenoxy) is 1. The van der Waals surface area contributed by atoms with Crippen molar-refractivity contribution < 1.29 is 4.74 Å². The van der Waals surface area contributed by atoms with Gasteiger partial charge >= 0.3 is 0 Å². The van der Waals surface area contributed by atoms with Crippen molar-refractivity contribution in [2.75, 3.05) is 19.0 Å². The van der Waals surface area contributed by atoms with E-state index in [0.717, 1.165) is 24.1 Å². The Balaban J connectivity index is 1.78. The number of rotatable bonds is 2. The van der Waals surface area contributed by atoms with Crippen LogP contribution in [0.2, 0.25) is 5.02 Å². The Morgan fingerprint density at radius 1 is 1.16 bits per heavy atom. The SMILES string of the molecule is COc1cc2c(cc1Cl)NCC(C1CCCCC1)C2. The van der Waals surface area contributed by atoms with E-state index in [1.807, 2.05) is 6.07 Å². The standard InChI is InChI=1S/C16H22ClNO/c1-19-16-8-12-7-13(11-5-3-2-4-6-11)10-18-15(12)9-14(16)17/h8-9,11,13,18H,2-7,10H2,1H3. The van der Waals surface area contributed by atoms with Gasteiger partial charge in [0, 0.05) is 12.2 Å². The van der Waals surface area contributed by atoms with E-state index < -0.39 is 0 Å². The molecule has 3 heteroatoms. The molecule has 0 bridgehead atoms. The Kier molecular flexibility index (Phi) is 3.88. The number of methoxy groups -OCH3 is 1. The second kappa shape index (κ2) is 5.62. The van der Waals surface area contributed by atoms with Crippen LogP contribution in [0, 0.1) is 11.8 Å². The van der Waals surface area contributed by atoms with Gasteiger partial charge in [-0.2, -0.15) is 0 Å². The van der Waals surface area contributed by atoms with Crippen molar-refractivity contribution in [2.45, 2.75) is 38.5 Å². The average Bonchev–Trinajstić information content (AvgIpc) is 2.47. The minimum absolute atomic E-state index is 0.699. The molecule has 2 aliphatic rings. The molecule has 1 N–H and O–H groups in total. The van der Waals surface area contributed by atoms with Gasteiger partial charge in [-0.25, -0.2) is 0 Å². The maximum atomic E-state index is 6.18. The summed E-state index contributed by atoms with van der Waals surface area (Å²) in [5.74, 6) is 2.47. The van der Waals surface area contributed by atoms with Gasteiger partial charge in [0.2, 0.25) is 0 Å². The summed E-state index contributed by atoms with van der Waals surface area (Å²) in [4.78, 5) is 0. The number of fused-ring (bicyclic) bond motifs is 1. The lowest BCUT2D eigenvalue weighted by Crippen LogP contribution is -2.30. The smallest absolute Gasteiger partial charge is 0.137 e. The number of halogens is 1. The van der Waals surface area contributed by atoms with Crippen molar-refractivity contribution >= 4 is 17.3 Å². The molecule has 1 unspecified atom stereocenters. The second-order valence-electron chi connectivity index (χ2n) is 5.89. The highest BCUT2D eigenvalue weighted by molar-refractivity contribution is 6.32. The van der Waals surface area contributed by atoms with Crippen molar-refractivity contribution in [1.29, 1.82) is 0 Å². The topological polar surface area (TPSA) is 21.3 Å². The molecule has 2 nitrogen and oxygen atoms in total. The van der Waals surface area contributed by atoms with Gasteiger partial charge in [-0.1, -0.05) is 43.7 Å². The van der Waals surface area contributed by atoms with Crippen molar-refractivity contribution in [3.05, 3.63) is 22.7 Å². The van der Waals surface area contributed by atoms with Crippen LogP contribution in [0.15, 0.2) is 12.1 Å². The number of hydrogen-bond acceptors (Lipinski definition) is 2. The zero-order valence-electron chi connectivity index (χ0n) is 11.5. The Labute approximate surface area is 120 Å². The van der Waals surface area contributed by atoms with E-state index in [-0.39, 0.29) is 0 Å². The zero-order chi connectivity index (χ0) is 13.2. The highest BCUT2D eigenvalue weighted by atomic mass is 35.5. The summed E-state index contributed by atoms with van der Waals surface area (Å²) < 4.78 is 5.33. The summed E-state index contributed by atoms with van der Waals surface area (Å²) in [6, 6.07) is 4.12. The first-order chi connectivity index (χ1) is 9.28. The van der Waals surface area contributed by atoms with Crippen LogP contribution in [0.1, 0.15) is 37.7 Å². The molecule has 1 heterocycles. The lowest BCUT2D eigenvalue weighted by atomic mass is 9.76. The summed E-state index contributed by atoms with van der Waals surface area (Å²) in [5, 5.41) is 4.26. The van der Waals surface area contributed by atoms with Gasteiger partial charge in [-0.05, 0) is 36.0 Å². The van der Waals surface area contributed by atoms with Gasteiger partial charge in [-0.3, -0.25) is 0 Å². The molecule has 1 saturated carbocycles. The minimum Gasteiger partial charge on any atom is -0.495 e. The van der Waals surface area contributed by atoms with Gasteiger partial charge < -0.3 is 10.1 Å². The van der Waals surface area contributed by atoms with Crippen LogP contribution in [0.5, 0.6) is 5.75 Å². The highest BCUT2D eigenvalue weighted by Gasteiger charge is 2.28. The first-order valence-electron chi connectivity index (χ1n) is 7.38. The third kappa shape index (κ3) is 2.69. The Morgan fingerprint density at radius 2 is 1.95 bits per heavy atom. The van der Waals surface area contributed by atoms with Crippen molar-refractivity contribution in [3.8, 4) is 5.75 Å². The summed E-state index contributed by atoms with van der Waals surface area (Å²) in [6.45, 7) is 1.10. The molecule has 1 aromatic carbocycles. The van der Waals surface area contributed by atoms with E-state index in [1.165, 1.54) is 49.8 Å². The number of benzene rings is 1. The van der Waals surface area contributed by atoms with Crippen molar-refractivity contribution in [3.63, 3.8) is 0 Å². The van der Waals surface area contributed by atoms with Gasteiger partial charge in [0.15, 0.2) is 0 Å². The molecular formula is C16H22ClNO. The third-order valence-electron chi connectivity index (χ3n) is 4.73.